The maximum absolute atomic E-state index is 12.6. The molecule has 0 spiro atoms. The van der Waals surface area contributed by atoms with Crippen molar-refractivity contribution in [3.8, 4) is 0 Å². The second-order valence-electron chi connectivity index (χ2n) is 6.23. The molecule has 0 radical (unpaired) electrons. The predicted octanol–water partition coefficient (Wildman–Crippen LogP) is 0.970. The number of nitrogens with zero attached hydrogens (tertiary/aromatic N) is 2. The molecule has 4 heterocycles. The fourth-order valence-electron chi connectivity index (χ4n) is 3.28. The first-order valence-corrected chi connectivity index (χ1v) is 9.78. The Labute approximate surface area is 147 Å². The third-order valence-electron chi connectivity index (χ3n) is 4.63. The van der Waals surface area contributed by atoms with Crippen LogP contribution in [0.25, 0.3) is 9.40 Å². The number of nitrogens with one attached hydrogen (secondary N) is 1. The molecule has 0 saturated carbocycles. The summed E-state index contributed by atoms with van der Waals surface area (Å²) >= 11 is 3.18. The molecule has 2 aliphatic rings. The Hall–Kier alpha value is -1.48. The van der Waals surface area contributed by atoms with Crippen molar-refractivity contribution >= 4 is 43.9 Å². The second-order valence-corrected chi connectivity index (χ2v) is 8.26. The van der Waals surface area contributed by atoms with Gasteiger partial charge < -0.3 is 20.2 Å². The highest BCUT2D eigenvalue weighted by Gasteiger charge is 2.33. The number of hydrogen-bond acceptors (Lipinski definition) is 6. The first-order valence-electron chi connectivity index (χ1n) is 8.08. The molecule has 2 fully saturated rings. The summed E-state index contributed by atoms with van der Waals surface area (Å²) in [6.45, 7) is 2.71. The molecule has 24 heavy (non-hydrogen) atoms. The van der Waals surface area contributed by atoms with E-state index in [9.17, 15) is 14.7 Å². The molecule has 8 heteroatoms. The summed E-state index contributed by atoms with van der Waals surface area (Å²) in [7, 11) is 0. The standard InChI is InChI=1S/C16H19N3O3S2/c20-10-7-11(17-9-10)15(21)18-2-4-19(5-3-18)16(22)14-8-13-12(24-14)1-6-23-13/h1,6,8,10-11,17,20H,2-5,7,9H2. The highest BCUT2D eigenvalue weighted by molar-refractivity contribution is 7.27. The van der Waals surface area contributed by atoms with Gasteiger partial charge in [-0.05, 0) is 23.9 Å². The molecule has 4 rings (SSSR count). The lowest BCUT2D eigenvalue weighted by Gasteiger charge is -2.35. The Morgan fingerprint density at radius 3 is 2.58 bits per heavy atom. The van der Waals surface area contributed by atoms with Crippen molar-refractivity contribution in [3.63, 3.8) is 0 Å². The quantitative estimate of drug-likeness (QED) is 0.832. The molecule has 2 N–H and O–H groups in total. The Bertz CT molecular complexity index is 735. The number of piperazine rings is 1. The van der Waals surface area contributed by atoms with Gasteiger partial charge in [0.05, 0.1) is 17.0 Å². The maximum atomic E-state index is 12.6. The number of carbonyl (C=O) groups excluding carboxylic acids is 2. The zero-order valence-electron chi connectivity index (χ0n) is 13.1. The molecule has 128 valence electrons. The lowest BCUT2D eigenvalue weighted by atomic mass is 10.1. The highest BCUT2D eigenvalue weighted by Crippen LogP contribution is 2.30. The van der Waals surface area contributed by atoms with Gasteiger partial charge in [0.1, 0.15) is 0 Å². The van der Waals surface area contributed by atoms with Crippen LogP contribution in [0.2, 0.25) is 0 Å². The van der Waals surface area contributed by atoms with Crippen LogP contribution >= 0.6 is 22.7 Å². The molecule has 2 unspecified atom stereocenters. The number of carbonyl (C=O) groups is 2. The van der Waals surface area contributed by atoms with Gasteiger partial charge in [-0.3, -0.25) is 9.59 Å². The number of aliphatic hydroxyl groups excluding tert-OH is 1. The number of β-amino-alcohol motifs (C(OH)–C–C–N with tert-alkyl or cyclic N) is 1. The fraction of sp³-hybridized carbons (Fsp3) is 0.500. The number of hydrogen-bond donors (Lipinski definition) is 2. The average Bonchev–Trinajstić information content (AvgIpc) is 3.29. The average molecular weight is 365 g/mol. The van der Waals surface area contributed by atoms with Crippen molar-refractivity contribution in [1.82, 2.24) is 15.1 Å². The number of rotatable bonds is 2. The van der Waals surface area contributed by atoms with Gasteiger partial charge in [0.25, 0.3) is 5.91 Å². The van der Waals surface area contributed by atoms with Crippen LogP contribution in [0.15, 0.2) is 17.5 Å². The van der Waals surface area contributed by atoms with Gasteiger partial charge in [-0.15, -0.1) is 22.7 Å². The summed E-state index contributed by atoms with van der Waals surface area (Å²) in [5.41, 5.74) is 0. The van der Waals surface area contributed by atoms with Crippen molar-refractivity contribution in [2.24, 2.45) is 0 Å². The van der Waals surface area contributed by atoms with E-state index < -0.39 is 6.10 Å². The summed E-state index contributed by atoms with van der Waals surface area (Å²) in [5, 5.41) is 14.6. The zero-order chi connectivity index (χ0) is 16.7. The molecule has 0 aromatic carbocycles. The SMILES string of the molecule is O=C(c1cc2sccc2s1)N1CCN(C(=O)C2CC(O)CN2)CC1. The lowest BCUT2D eigenvalue weighted by molar-refractivity contribution is -0.134. The molecule has 0 aliphatic carbocycles. The topological polar surface area (TPSA) is 72.9 Å². The maximum Gasteiger partial charge on any atom is 0.264 e. The molecule has 2 aromatic rings. The van der Waals surface area contributed by atoms with Crippen LogP contribution in [-0.2, 0) is 4.79 Å². The van der Waals surface area contributed by atoms with E-state index in [0.717, 1.165) is 14.3 Å². The first-order chi connectivity index (χ1) is 11.6. The van der Waals surface area contributed by atoms with E-state index >= 15 is 0 Å². The van der Waals surface area contributed by atoms with E-state index in [1.165, 1.54) is 11.3 Å². The molecule has 0 bridgehead atoms. The molecular formula is C16H19N3O3S2. The van der Waals surface area contributed by atoms with E-state index in [4.69, 9.17) is 0 Å². The molecule has 2 amide bonds. The highest BCUT2D eigenvalue weighted by atomic mass is 32.1. The van der Waals surface area contributed by atoms with Crippen molar-refractivity contribution in [3.05, 3.63) is 22.4 Å². The fourth-order valence-corrected chi connectivity index (χ4v) is 5.36. The largest absolute Gasteiger partial charge is 0.392 e. The Morgan fingerprint density at radius 2 is 1.92 bits per heavy atom. The number of fused-ring (bicyclic) bond motifs is 1. The minimum Gasteiger partial charge on any atom is -0.392 e. The van der Waals surface area contributed by atoms with Crippen molar-refractivity contribution in [1.29, 1.82) is 0 Å². The first kappa shape index (κ1) is 16.0. The lowest BCUT2D eigenvalue weighted by Crippen LogP contribution is -2.54. The van der Waals surface area contributed by atoms with Gasteiger partial charge in [0, 0.05) is 42.1 Å². The van der Waals surface area contributed by atoms with Crippen LogP contribution in [0.1, 0.15) is 16.1 Å². The minimum absolute atomic E-state index is 0.0373. The Kier molecular flexibility index (Phi) is 4.29. The Balaban J connectivity index is 1.36. The number of aliphatic hydroxyl groups is 1. The molecular weight excluding hydrogens is 346 g/mol. The molecule has 2 saturated heterocycles. The summed E-state index contributed by atoms with van der Waals surface area (Å²) in [6.07, 6.45) is 0.0405. The summed E-state index contributed by atoms with van der Waals surface area (Å²) in [5.74, 6) is 0.0974. The van der Waals surface area contributed by atoms with Gasteiger partial charge in [-0.1, -0.05) is 0 Å². The Morgan fingerprint density at radius 1 is 1.17 bits per heavy atom. The summed E-state index contributed by atoms with van der Waals surface area (Å²) < 4.78 is 2.31. The van der Waals surface area contributed by atoms with E-state index in [-0.39, 0.29) is 17.9 Å². The monoisotopic (exact) mass is 365 g/mol. The molecule has 2 aliphatic heterocycles. The minimum atomic E-state index is -0.436. The summed E-state index contributed by atoms with van der Waals surface area (Å²) in [6, 6.07) is 3.72. The molecule has 6 nitrogen and oxygen atoms in total. The van der Waals surface area contributed by atoms with Crippen molar-refractivity contribution < 1.29 is 14.7 Å². The van der Waals surface area contributed by atoms with E-state index in [2.05, 4.69) is 5.32 Å². The smallest absolute Gasteiger partial charge is 0.264 e. The summed E-state index contributed by atoms with van der Waals surface area (Å²) in [4.78, 5) is 29.5. The van der Waals surface area contributed by atoms with Crippen molar-refractivity contribution in [2.45, 2.75) is 18.6 Å². The van der Waals surface area contributed by atoms with Gasteiger partial charge in [-0.25, -0.2) is 0 Å². The predicted molar refractivity (Wildman–Crippen MR) is 94.6 cm³/mol. The van der Waals surface area contributed by atoms with Crippen LogP contribution in [0, 0.1) is 0 Å². The van der Waals surface area contributed by atoms with Crippen LogP contribution in [-0.4, -0.2) is 71.6 Å². The van der Waals surface area contributed by atoms with Crippen LogP contribution < -0.4 is 5.32 Å². The van der Waals surface area contributed by atoms with Crippen molar-refractivity contribution in [2.75, 3.05) is 32.7 Å². The van der Waals surface area contributed by atoms with E-state index in [1.807, 2.05) is 22.4 Å². The third-order valence-corrected chi connectivity index (χ3v) is 6.72. The molecule has 2 aromatic heterocycles. The van der Waals surface area contributed by atoms with Gasteiger partial charge >= 0.3 is 0 Å². The van der Waals surface area contributed by atoms with E-state index in [0.29, 0.717) is 39.1 Å². The van der Waals surface area contributed by atoms with Crippen LogP contribution in [0.5, 0.6) is 0 Å². The van der Waals surface area contributed by atoms with Gasteiger partial charge in [0.2, 0.25) is 5.91 Å². The van der Waals surface area contributed by atoms with Crippen LogP contribution in [0.3, 0.4) is 0 Å². The number of thiophene rings is 2. The second kappa shape index (κ2) is 6.44. The number of amides is 2. The van der Waals surface area contributed by atoms with E-state index in [1.54, 1.807) is 16.2 Å². The van der Waals surface area contributed by atoms with Gasteiger partial charge in [0.15, 0.2) is 0 Å². The normalized spacial score (nSPS) is 24.7. The third kappa shape index (κ3) is 2.95. The van der Waals surface area contributed by atoms with Gasteiger partial charge in [-0.2, -0.15) is 0 Å². The zero-order valence-corrected chi connectivity index (χ0v) is 14.7. The molecule has 2 atom stereocenters. The van der Waals surface area contributed by atoms with Crippen LogP contribution in [0.4, 0.5) is 0 Å².